The van der Waals surface area contributed by atoms with Gasteiger partial charge in [0.1, 0.15) is 0 Å². The highest BCUT2D eigenvalue weighted by molar-refractivity contribution is 5.76. The van der Waals surface area contributed by atoms with Crippen molar-refractivity contribution in [1.82, 2.24) is 15.1 Å². The Bertz CT molecular complexity index is 373. The summed E-state index contributed by atoms with van der Waals surface area (Å²) in [7, 11) is 0. The number of nitrogens with zero attached hydrogens (tertiary/aromatic N) is 2. The van der Waals surface area contributed by atoms with Gasteiger partial charge in [0.25, 0.3) is 0 Å². The van der Waals surface area contributed by atoms with Crippen molar-refractivity contribution < 1.29 is 19.8 Å². The SMILES string of the molecule is O=C(O)CC(NC(=O)N1CCCN(CCO)CC1)C1CC1. The smallest absolute Gasteiger partial charge is 0.317 e. The van der Waals surface area contributed by atoms with Crippen LogP contribution in [0.3, 0.4) is 0 Å². The van der Waals surface area contributed by atoms with Crippen LogP contribution in [-0.2, 0) is 4.79 Å². The molecule has 0 spiro atoms. The van der Waals surface area contributed by atoms with Gasteiger partial charge < -0.3 is 20.4 Å². The van der Waals surface area contributed by atoms with E-state index in [4.69, 9.17) is 10.2 Å². The second-order valence-corrected chi connectivity index (χ2v) is 5.90. The molecule has 0 bridgehead atoms. The van der Waals surface area contributed by atoms with E-state index in [1.165, 1.54) is 0 Å². The molecule has 1 saturated carbocycles. The van der Waals surface area contributed by atoms with Crippen molar-refractivity contribution in [1.29, 1.82) is 0 Å². The third-order valence-corrected chi connectivity index (χ3v) is 4.19. The number of urea groups is 1. The van der Waals surface area contributed by atoms with Crippen LogP contribution >= 0.6 is 0 Å². The molecule has 1 unspecified atom stereocenters. The zero-order valence-electron chi connectivity index (χ0n) is 12.3. The van der Waals surface area contributed by atoms with Crippen LogP contribution in [0.5, 0.6) is 0 Å². The summed E-state index contributed by atoms with van der Waals surface area (Å²) >= 11 is 0. The average molecular weight is 299 g/mol. The molecule has 7 heteroatoms. The second-order valence-electron chi connectivity index (χ2n) is 5.90. The van der Waals surface area contributed by atoms with Gasteiger partial charge in [0, 0.05) is 32.2 Å². The Labute approximate surface area is 124 Å². The van der Waals surface area contributed by atoms with Crippen LogP contribution in [0.1, 0.15) is 25.7 Å². The van der Waals surface area contributed by atoms with Crippen LogP contribution in [0.25, 0.3) is 0 Å². The minimum absolute atomic E-state index is 0.000877. The number of amides is 2. The fourth-order valence-electron chi connectivity index (χ4n) is 2.81. The zero-order chi connectivity index (χ0) is 15.2. The maximum atomic E-state index is 12.3. The van der Waals surface area contributed by atoms with Crippen molar-refractivity contribution in [2.75, 3.05) is 39.3 Å². The molecule has 120 valence electrons. The molecule has 2 aliphatic rings. The molecule has 2 fully saturated rings. The first kappa shape index (κ1) is 16.0. The summed E-state index contributed by atoms with van der Waals surface area (Å²) in [6, 6.07) is -0.397. The summed E-state index contributed by atoms with van der Waals surface area (Å²) in [6.45, 7) is 3.70. The molecule has 1 aliphatic carbocycles. The maximum Gasteiger partial charge on any atom is 0.317 e. The van der Waals surface area contributed by atoms with E-state index in [1.807, 2.05) is 0 Å². The highest BCUT2D eigenvalue weighted by atomic mass is 16.4. The van der Waals surface area contributed by atoms with E-state index in [-0.39, 0.29) is 25.1 Å². The third kappa shape index (κ3) is 5.17. The molecule has 0 aromatic heterocycles. The summed E-state index contributed by atoms with van der Waals surface area (Å²) in [5, 5.41) is 20.8. The number of β-amino-alcohol motifs (C(OH)–C–C–N with tert-alkyl or cyclic N) is 1. The molecule has 3 N–H and O–H groups in total. The molecule has 1 aliphatic heterocycles. The molecule has 2 amide bonds. The van der Waals surface area contributed by atoms with Crippen molar-refractivity contribution in [3.8, 4) is 0 Å². The van der Waals surface area contributed by atoms with Crippen LogP contribution < -0.4 is 5.32 Å². The topological polar surface area (TPSA) is 93.1 Å². The number of hydrogen-bond acceptors (Lipinski definition) is 4. The molecule has 7 nitrogen and oxygen atoms in total. The van der Waals surface area contributed by atoms with Crippen LogP contribution in [0.15, 0.2) is 0 Å². The molecule has 21 heavy (non-hydrogen) atoms. The van der Waals surface area contributed by atoms with E-state index in [2.05, 4.69) is 10.2 Å². The van der Waals surface area contributed by atoms with Gasteiger partial charge in [-0.2, -0.15) is 0 Å². The molecule has 2 rings (SSSR count). The lowest BCUT2D eigenvalue weighted by Gasteiger charge is -2.25. The average Bonchev–Trinajstić information content (AvgIpc) is 3.25. The first-order chi connectivity index (χ1) is 10.1. The lowest BCUT2D eigenvalue weighted by Crippen LogP contribution is -2.47. The van der Waals surface area contributed by atoms with Crippen LogP contribution in [0.4, 0.5) is 4.79 Å². The standard InChI is InChI=1S/C14H25N3O4/c18-9-8-16-4-1-5-17(7-6-16)14(21)15-12(10-13(19)20)11-2-3-11/h11-12,18H,1-10H2,(H,15,21)(H,19,20). The number of hydrogen-bond donors (Lipinski definition) is 3. The summed E-state index contributed by atoms with van der Waals surface area (Å²) in [5.74, 6) is -0.542. The Morgan fingerprint density at radius 1 is 1.19 bits per heavy atom. The Hall–Kier alpha value is -1.34. The van der Waals surface area contributed by atoms with E-state index in [0.29, 0.717) is 25.6 Å². The third-order valence-electron chi connectivity index (χ3n) is 4.19. The minimum Gasteiger partial charge on any atom is -0.481 e. The number of aliphatic carboxylic acids is 1. The predicted molar refractivity (Wildman–Crippen MR) is 77.0 cm³/mol. The Balaban J connectivity index is 1.82. The number of carboxylic acids is 1. The summed E-state index contributed by atoms with van der Waals surface area (Å²) in [6.07, 6.45) is 2.88. The molecule has 1 atom stereocenters. The lowest BCUT2D eigenvalue weighted by atomic mass is 10.1. The second kappa shape index (κ2) is 7.61. The molecular formula is C14H25N3O4. The van der Waals surface area contributed by atoms with Crippen molar-refractivity contribution in [2.24, 2.45) is 5.92 Å². The van der Waals surface area contributed by atoms with Gasteiger partial charge in [-0.1, -0.05) is 0 Å². The predicted octanol–water partition coefficient (Wildman–Crippen LogP) is -0.0507. The minimum atomic E-state index is -0.864. The lowest BCUT2D eigenvalue weighted by molar-refractivity contribution is -0.137. The van der Waals surface area contributed by atoms with Gasteiger partial charge in [-0.3, -0.25) is 9.69 Å². The van der Waals surface area contributed by atoms with E-state index < -0.39 is 5.97 Å². The number of carbonyl (C=O) groups is 2. The van der Waals surface area contributed by atoms with Crippen molar-refractivity contribution in [3.63, 3.8) is 0 Å². The molecule has 0 aromatic rings. The number of aliphatic hydroxyl groups is 1. The monoisotopic (exact) mass is 299 g/mol. The first-order valence-corrected chi connectivity index (χ1v) is 7.70. The van der Waals surface area contributed by atoms with Crippen molar-refractivity contribution >= 4 is 12.0 Å². The van der Waals surface area contributed by atoms with Crippen molar-refractivity contribution in [3.05, 3.63) is 0 Å². The first-order valence-electron chi connectivity index (χ1n) is 7.70. The van der Waals surface area contributed by atoms with Crippen molar-refractivity contribution in [2.45, 2.75) is 31.7 Å². The van der Waals surface area contributed by atoms with Gasteiger partial charge in [-0.05, 0) is 31.7 Å². The molecule has 0 radical (unpaired) electrons. The van der Waals surface area contributed by atoms with Gasteiger partial charge in [0.15, 0.2) is 0 Å². The Morgan fingerprint density at radius 2 is 1.95 bits per heavy atom. The fraction of sp³-hybridized carbons (Fsp3) is 0.857. The fourth-order valence-corrected chi connectivity index (χ4v) is 2.81. The van der Waals surface area contributed by atoms with Gasteiger partial charge in [-0.25, -0.2) is 4.79 Å². The summed E-state index contributed by atoms with van der Waals surface area (Å²) in [5.41, 5.74) is 0. The molecular weight excluding hydrogens is 274 g/mol. The highest BCUT2D eigenvalue weighted by Crippen LogP contribution is 2.34. The van der Waals surface area contributed by atoms with E-state index >= 15 is 0 Å². The maximum absolute atomic E-state index is 12.3. The van der Waals surface area contributed by atoms with Gasteiger partial charge in [0.05, 0.1) is 13.0 Å². The quantitative estimate of drug-likeness (QED) is 0.639. The number of nitrogens with one attached hydrogen (secondary N) is 1. The van der Waals surface area contributed by atoms with E-state index in [9.17, 15) is 9.59 Å². The van der Waals surface area contributed by atoms with Gasteiger partial charge in [-0.15, -0.1) is 0 Å². The Kier molecular flexibility index (Phi) is 5.81. The van der Waals surface area contributed by atoms with E-state index in [0.717, 1.165) is 32.4 Å². The summed E-state index contributed by atoms with van der Waals surface area (Å²) < 4.78 is 0. The normalized spacial score (nSPS) is 21.7. The van der Waals surface area contributed by atoms with E-state index in [1.54, 1.807) is 4.90 Å². The number of carboxylic acid groups (broad SMARTS) is 1. The number of rotatable bonds is 6. The van der Waals surface area contributed by atoms with Crippen LogP contribution in [-0.4, -0.2) is 77.4 Å². The number of carbonyl (C=O) groups excluding carboxylic acids is 1. The van der Waals surface area contributed by atoms with Crippen LogP contribution in [0, 0.1) is 5.92 Å². The molecule has 0 aromatic carbocycles. The van der Waals surface area contributed by atoms with Crippen LogP contribution in [0.2, 0.25) is 0 Å². The zero-order valence-corrected chi connectivity index (χ0v) is 12.3. The summed E-state index contributed by atoms with van der Waals surface area (Å²) in [4.78, 5) is 27.1. The number of aliphatic hydroxyl groups excluding tert-OH is 1. The Morgan fingerprint density at radius 3 is 2.57 bits per heavy atom. The molecule has 1 saturated heterocycles. The highest BCUT2D eigenvalue weighted by Gasteiger charge is 2.34. The largest absolute Gasteiger partial charge is 0.481 e. The van der Waals surface area contributed by atoms with Gasteiger partial charge in [0.2, 0.25) is 0 Å². The van der Waals surface area contributed by atoms with Gasteiger partial charge >= 0.3 is 12.0 Å². The molecule has 1 heterocycles.